The minimum atomic E-state index is -1.89. The Bertz CT molecular complexity index is 596. The molecule has 0 unspecified atom stereocenters. The molecule has 1 N–H and O–H groups in total. The van der Waals surface area contributed by atoms with Crippen LogP contribution in [0.4, 0.5) is 25.4 Å². The van der Waals surface area contributed by atoms with Crippen LogP contribution < -0.4 is 4.90 Å². The zero-order chi connectivity index (χ0) is 16.4. The molecule has 0 aliphatic rings. The molecule has 114 valence electrons. The number of amides is 2. The Morgan fingerprint density at radius 2 is 1.95 bits per heavy atom. The van der Waals surface area contributed by atoms with Crippen molar-refractivity contribution in [1.82, 2.24) is 0 Å². The summed E-state index contributed by atoms with van der Waals surface area (Å²) in [5.74, 6) is -1.22. The third kappa shape index (κ3) is 3.88. The molecule has 1 rings (SSSR count). The van der Waals surface area contributed by atoms with Crippen molar-refractivity contribution in [3.05, 3.63) is 34.1 Å². The van der Waals surface area contributed by atoms with Gasteiger partial charge in [0.1, 0.15) is 5.60 Å². The number of benzene rings is 1. The van der Waals surface area contributed by atoms with Crippen molar-refractivity contribution in [3.63, 3.8) is 0 Å². The van der Waals surface area contributed by atoms with Crippen LogP contribution in [-0.4, -0.2) is 27.8 Å². The van der Waals surface area contributed by atoms with Crippen molar-refractivity contribution in [2.24, 2.45) is 0 Å². The standard InChI is InChI=1S/C12H13FN2O6/c1-12(2,3)21-11(18)14(10(16)17)9-7(13)5-4-6-8(9)15(19)20/h4-6H,1-3H3,(H,16,17). The molecule has 8 nitrogen and oxygen atoms in total. The molecule has 0 bridgehead atoms. The second-order valence-corrected chi connectivity index (χ2v) is 4.96. The van der Waals surface area contributed by atoms with Gasteiger partial charge < -0.3 is 9.84 Å². The SMILES string of the molecule is CC(C)(C)OC(=O)N(C(=O)O)c1c(F)cccc1[N+](=O)[O-]. The molecular formula is C12H13FN2O6. The Labute approximate surface area is 118 Å². The number of carbonyl (C=O) groups is 2. The lowest BCUT2D eigenvalue weighted by atomic mass is 10.2. The molecule has 0 fully saturated rings. The molecule has 0 aliphatic carbocycles. The van der Waals surface area contributed by atoms with E-state index in [2.05, 4.69) is 0 Å². The highest BCUT2D eigenvalue weighted by Gasteiger charge is 2.35. The Morgan fingerprint density at radius 1 is 1.38 bits per heavy atom. The van der Waals surface area contributed by atoms with E-state index in [1.54, 1.807) is 0 Å². The predicted octanol–water partition coefficient (Wildman–Crippen LogP) is 3.15. The van der Waals surface area contributed by atoms with E-state index in [0.29, 0.717) is 0 Å². The van der Waals surface area contributed by atoms with Gasteiger partial charge in [-0.25, -0.2) is 14.0 Å². The molecule has 9 heteroatoms. The summed E-state index contributed by atoms with van der Waals surface area (Å²) in [5, 5.41) is 19.9. The summed E-state index contributed by atoms with van der Waals surface area (Å²) in [6.45, 7) is 4.42. The van der Waals surface area contributed by atoms with Crippen molar-refractivity contribution in [2.45, 2.75) is 26.4 Å². The molecule has 0 heterocycles. The lowest BCUT2D eigenvalue weighted by Gasteiger charge is -2.24. The zero-order valence-electron chi connectivity index (χ0n) is 11.5. The number of rotatable bonds is 2. The number of nitrogens with zero attached hydrogens (tertiary/aromatic N) is 2. The van der Waals surface area contributed by atoms with E-state index in [0.717, 1.165) is 18.2 Å². The molecule has 0 aromatic heterocycles. The predicted molar refractivity (Wildman–Crippen MR) is 69.8 cm³/mol. The molecule has 0 radical (unpaired) electrons. The number of nitro groups is 1. The number of hydrogen-bond donors (Lipinski definition) is 1. The number of nitro benzene ring substituents is 1. The quantitative estimate of drug-likeness (QED) is 0.663. The first-order chi connectivity index (χ1) is 9.54. The first-order valence-electron chi connectivity index (χ1n) is 5.73. The molecule has 0 atom stereocenters. The van der Waals surface area contributed by atoms with Gasteiger partial charge in [0.05, 0.1) is 4.92 Å². The smallest absolute Gasteiger partial charge is 0.424 e. The fourth-order valence-electron chi connectivity index (χ4n) is 1.45. The number of hydrogen-bond acceptors (Lipinski definition) is 5. The second kappa shape index (κ2) is 5.73. The fraction of sp³-hybridized carbons (Fsp3) is 0.333. The van der Waals surface area contributed by atoms with Gasteiger partial charge in [0.2, 0.25) is 0 Å². The first-order valence-corrected chi connectivity index (χ1v) is 5.73. The number of ether oxygens (including phenoxy) is 1. The second-order valence-electron chi connectivity index (χ2n) is 4.96. The normalized spacial score (nSPS) is 10.9. The van der Waals surface area contributed by atoms with Crippen molar-refractivity contribution >= 4 is 23.6 Å². The number of para-hydroxylation sites is 1. The van der Waals surface area contributed by atoms with Gasteiger partial charge in [-0.1, -0.05) is 6.07 Å². The van der Waals surface area contributed by atoms with E-state index in [1.165, 1.54) is 20.8 Å². The van der Waals surface area contributed by atoms with Gasteiger partial charge in [0, 0.05) is 6.07 Å². The van der Waals surface area contributed by atoms with Crippen molar-refractivity contribution < 1.29 is 28.7 Å². The molecule has 0 saturated heterocycles. The highest BCUT2D eigenvalue weighted by molar-refractivity contribution is 6.10. The van der Waals surface area contributed by atoms with Gasteiger partial charge in [-0.3, -0.25) is 10.1 Å². The largest absolute Gasteiger partial charge is 0.464 e. The van der Waals surface area contributed by atoms with Gasteiger partial charge in [0.25, 0.3) is 5.69 Å². The topological polar surface area (TPSA) is 110 Å². The minimum Gasteiger partial charge on any atom is -0.464 e. The van der Waals surface area contributed by atoms with Gasteiger partial charge in [-0.05, 0) is 26.8 Å². The average Bonchev–Trinajstić information content (AvgIpc) is 2.28. The van der Waals surface area contributed by atoms with Crippen molar-refractivity contribution in [2.75, 3.05) is 4.90 Å². The summed E-state index contributed by atoms with van der Waals surface area (Å²) in [7, 11) is 0. The molecule has 0 saturated carbocycles. The molecular weight excluding hydrogens is 287 g/mol. The highest BCUT2D eigenvalue weighted by atomic mass is 19.1. The Morgan fingerprint density at radius 3 is 2.38 bits per heavy atom. The molecule has 1 aromatic rings. The van der Waals surface area contributed by atoms with Crippen LogP contribution in [0.25, 0.3) is 0 Å². The minimum absolute atomic E-state index is 0.126. The molecule has 1 aromatic carbocycles. The van der Waals surface area contributed by atoms with E-state index in [9.17, 15) is 24.1 Å². The van der Waals surface area contributed by atoms with E-state index in [1.807, 2.05) is 0 Å². The van der Waals surface area contributed by atoms with Crippen LogP contribution in [0.3, 0.4) is 0 Å². The first kappa shape index (κ1) is 16.3. The highest BCUT2D eigenvalue weighted by Crippen LogP contribution is 2.32. The maximum Gasteiger partial charge on any atom is 0.424 e. The van der Waals surface area contributed by atoms with Gasteiger partial charge in [-0.2, -0.15) is 4.90 Å². The Hall–Kier alpha value is -2.71. The van der Waals surface area contributed by atoms with E-state index in [4.69, 9.17) is 9.84 Å². The maximum absolute atomic E-state index is 13.8. The van der Waals surface area contributed by atoms with E-state index in [-0.39, 0.29) is 4.90 Å². The molecule has 0 aliphatic heterocycles. The van der Waals surface area contributed by atoms with Crippen LogP contribution in [0, 0.1) is 15.9 Å². The van der Waals surface area contributed by atoms with Crippen LogP contribution in [-0.2, 0) is 4.74 Å². The van der Waals surface area contributed by atoms with Crippen LogP contribution in [0.15, 0.2) is 18.2 Å². The Balaban J connectivity index is 3.40. The van der Waals surface area contributed by atoms with Gasteiger partial charge in [0.15, 0.2) is 11.5 Å². The number of imide groups is 1. The molecule has 2 amide bonds. The number of carboxylic acid groups (broad SMARTS) is 1. The monoisotopic (exact) mass is 300 g/mol. The van der Waals surface area contributed by atoms with Crippen molar-refractivity contribution in [1.29, 1.82) is 0 Å². The number of halogens is 1. The summed E-state index contributed by atoms with van der Waals surface area (Å²) in [6, 6.07) is 2.73. The van der Waals surface area contributed by atoms with Crippen LogP contribution in [0.1, 0.15) is 20.8 Å². The van der Waals surface area contributed by atoms with E-state index < -0.39 is 39.9 Å². The van der Waals surface area contributed by atoms with Crippen LogP contribution in [0.2, 0.25) is 0 Å². The maximum atomic E-state index is 13.8. The zero-order valence-corrected chi connectivity index (χ0v) is 11.5. The molecule has 0 spiro atoms. The van der Waals surface area contributed by atoms with Crippen LogP contribution in [0.5, 0.6) is 0 Å². The number of anilines is 1. The van der Waals surface area contributed by atoms with E-state index >= 15 is 0 Å². The summed E-state index contributed by atoms with van der Waals surface area (Å²) < 4.78 is 18.6. The lowest BCUT2D eigenvalue weighted by molar-refractivity contribution is -0.384. The fourth-order valence-corrected chi connectivity index (χ4v) is 1.45. The average molecular weight is 300 g/mol. The lowest BCUT2D eigenvalue weighted by Crippen LogP contribution is -2.41. The third-order valence-corrected chi connectivity index (χ3v) is 2.15. The summed E-state index contributed by atoms with van der Waals surface area (Å²) >= 11 is 0. The van der Waals surface area contributed by atoms with Crippen LogP contribution >= 0.6 is 0 Å². The third-order valence-electron chi connectivity index (χ3n) is 2.15. The van der Waals surface area contributed by atoms with Gasteiger partial charge >= 0.3 is 12.2 Å². The summed E-state index contributed by atoms with van der Waals surface area (Å²) in [5.41, 5.74) is -2.89. The Kier molecular flexibility index (Phi) is 4.46. The summed E-state index contributed by atoms with van der Waals surface area (Å²) in [4.78, 5) is 32.8. The molecule has 21 heavy (non-hydrogen) atoms. The number of carbonyl (C=O) groups excluding carboxylic acids is 1. The summed E-state index contributed by atoms with van der Waals surface area (Å²) in [6.07, 6.45) is -3.32. The van der Waals surface area contributed by atoms with Crippen molar-refractivity contribution in [3.8, 4) is 0 Å². The van der Waals surface area contributed by atoms with Gasteiger partial charge in [-0.15, -0.1) is 0 Å².